The van der Waals surface area contributed by atoms with Crippen molar-refractivity contribution in [3.8, 4) is 0 Å². The van der Waals surface area contributed by atoms with E-state index in [0.29, 0.717) is 6.61 Å². The number of aromatic nitrogens is 1. The molecule has 0 aliphatic carbocycles. The number of benzene rings is 1. The smallest absolute Gasteiger partial charge is 0.0742 e. The molecule has 0 saturated carbocycles. The van der Waals surface area contributed by atoms with Crippen LogP contribution in [0.2, 0.25) is 0 Å². The van der Waals surface area contributed by atoms with E-state index in [2.05, 4.69) is 35.3 Å². The highest BCUT2D eigenvalue weighted by Gasteiger charge is 2.17. The van der Waals surface area contributed by atoms with Gasteiger partial charge in [0.25, 0.3) is 0 Å². The highest BCUT2D eigenvalue weighted by Crippen LogP contribution is 2.24. The van der Waals surface area contributed by atoms with Crippen LogP contribution in [-0.4, -0.2) is 4.98 Å². The van der Waals surface area contributed by atoms with Gasteiger partial charge in [-0.15, -0.1) is 0 Å². The third-order valence-electron chi connectivity index (χ3n) is 3.15. The Morgan fingerprint density at radius 2 is 2.00 bits per heavy atom. The van der Waals surface area contributed by atoms with Gasteiger partial charge >= 0.3 is 0 Å². The summed E-state index contributed by atoms with van der Waals surface area (Å²) < 4.78 is 5.51. The number of fused-ring (bicyclic) bond motifs is 1. The van der Waals surface area contributed by atoms with Gasteiger partial charge in [0.05, 0.1) is 18.9 Å². The van der Waals surface area contributed by atoms with Gasteiger partial charge in [-0.25, -0.2) is 0 Å². The number of aryl methyl sites for hydroxylation is 1. The van der Waals surface area contributed by atoms with Crippen LogP contribution in [0.1, 0.15) is 28.1 Å². The van der Waals surface area contributed by atoms with Crippen LogP contribution in [-0.2, 0) is 24.4 Å². The van der Waals surface area contributed by atoms with Gasteiger partial charge in [-0.1, -0.05) is 30.3 Å². The van der Waals surface area contributed by atoms with Crippen LogP contribution in [0, 0.1) is 6.92 Å². The minimum Gasteiger partial charge on any atom is -0.372 e. The summed E-state index contributed by atoms with van der Waals surface area (Å²) >= 11 is 0. The molecule has 0 bridgehead atoms. The van der Waals surface area contributed by atoms with Gasteiger partial charge in [-0.05, 0) is 24.1 Å². The van der Waals surface area contributed by atoms with Crippen molar-refractivity contribution >= 4 is 0 Å². The fourth-order valence-electron chi connectivity index (χ4n) is 2.34. The third kappa shape index (κ3) is 2.08. The molecule has 0 radical (unpaired) electrons. The maximum Gasteiger partial charge on any atom is 0.0742 e. The van der Waals surface area contributed by atoms with Gasteiger partial charge in [0.1, 0.15) is 0 Å². The largest absolute Gasteiger partial charge is 0.372 e. The SMILES string of the molecule is Cc1cc2c(c(Cc3ccccc3)n1)COC2. The molecule has 17 heavy (non-hydrogen) atoms. The number of hydrogen-bond acceptors (Lipinski definition) is 2. The Bertz CT molecular complexity index is 534. The molecular formula is C15H15NO. The first-order valence-electron chi connectivity index (χ1n) is 5.93. The van der Waals surface area contributed by atoms with Crippen LogP contribution in [0.15, 0.2) is 36.4 Å². The Hall–Kier alpha value is -1.67. The molecule has 1 aliphatic heterocycles. The Kier molecular flexibility index (Phi) is 2.65. The summed E-state index contributed by atoms with van der Waals surface area (Å²) in [4.78, 5) is 4.66. The molecule has 0 spiro atoms. The number of rotatable bonds is 2. The molecule has 0 fully saturated rings. The summed E-state index contributed by atoms with van der Waals surface area (Å²) in [7, 11) is 0. The number of pyridine rings is 1. The molecule has 1 aromatic heterocycles. The van der Waals surface area contributed by atoms with E-state index in [1.54, 1.807) is 0 Å². The first-order chi connectivity index (χ1) is 8.33. The van der Waals surface area contributed by atoms with Crippen molar-refractivity contribution in [1.82, 2.24) is 4.98 Å². The van der Waals surface area contributed by atoms with Gasteiger partial charge in [-0.3, -0.25) is 4.98 Å². The number of nitrogens with zero attached hydrogens (tertiary/aromatic N) is 1. The molecule has 2 nitrogen and oxygen atoms in total. The standard InChI is InChI=1S/C15H15NO/c1-11-7-13-9-17-10-14(13)15(16-11)8-12-5-3-2-4-6-12/h2-7H,8-10H2,1H3. The molecule has 1 aliphatic rings. The van der Waals surface area contributed by atoms with E-state index in [4.69, 9.17) is 4.74 Å². The highest BCUT2D eigenvalue weighted by atomic mass is 16.5. The first-order valence-corrected chi connectivity index (χ1v) is 5.93. The van der Waals surface area contributed by atoms with Gasteiger partial charge in [0.2, 0.25) is 0 Å². The minimum absolute atomic E-state index is 0.713. The van der Waals surface area contributed by atoms with E-state index in [9.17, 15) is 0 Å². The van der Waals surface area contributed by atoms with Crippen molar-refractivity contribution in [1.29, 1.82) is 0 Å². The molecule has 0 unspecified atom stereocenters. The second kappa shape index (κ2) is 4.30. The zero-order chi connectivity index (χ0) is 11.7. The molecule has 0 amide bonds. The molecular weight excluding hydrogens is 210 g/mol. The van der Waals surface area contributed by atoms with Gasteiger partial charge in [0, 0.05) is 17.7 Å². The second-order valence-electron chi connectivity index (χ2n) is 4.50. The fourth-order valence-corrected chi connectivity index (χ4v) is 2.34. The quantitative estimate of drug-likeness (QED) is 0.783. The molecule has 0 saturated heterocycles. The van der Waals surface area contributed by atoms with Crippen LogP contribution in [0.4, 0.5) is 0 Å². The fraction of sp³-hybridized carbons (Fsp3) is 0.267. The molecule has 2 heterocycles. The van der Waals surface area contributed by atoms with Gasteiger partial charge < -0.3 is 4.74 Å². The van der Waals surface area contributed by atoms with Crippen molar-refractivity contribution in [2.75, 3.05) is 0 Å². The maximum atomic E-state index is 5.51. The zero-order valence-corrected chi connectivity index (χ0v) is 9.94. The highest BCUT2D eigenvalue weighted by molar-refractivity contribution is 5.36. The van der Waals surface area contributed by atoms with E-state index in [1.165, 1.54) is 22.4 Å². The van der Waals surface area contributed by atoms with Crippen LogP contribution >= 0.6 is 0 Å². The van der Waals surface area contributed by atoms with Gasteiger partial charge in [0.15, 0.2) is 0 Å². The van der Waals surface area contributed by atoms with E-state index in [1.807, 2.05) is 13.0 Å². The molecule has 2 heteroatoms. The molecule has 86 valence electrons. The lowest BCUT2D eigenvalue weighted by Gasteiger charge is -2.08. The average Bonchev–Trinajstić information content (AvgIpc) is 2.78. The summed E-state index contributed by atoms with van der Waals surface area (Å²) in [6.07, 6.45) is 0.897. The van der Waals surface area contributed by atoms with Crippen molar-refractivity contribution < 1.29 is 4.74 Å². The molecule has 2 aromatic rings. The maximum absolute atomic E-state index is 5.51. The van der Waals surface area contributed by atoms with Crippen LogP contribution in [0.5, 0.6) is 0 Å². The Labute approximate surface area is 101 Å². The predicted molar refractivity (Wildman–Crippen MR) is 66.7 cm³/mol. The van der Waals surface area contributed by atoms with Crippen LogP contribution in [0.3, 0.4) is 0 Å². The van der Waals surface area contributed by atoms with Crippen molar-refractivity contribution in [3.63, 3.8) is 0 Å². The van der Waals surface area contributed by atoms with E-state index in [-0.39, 0.29) is 0 Å². The molecule has 3 rings (SSSR count). The molecule has 0 N–H and O–H groups in total. The normalized spacial score (nSPS) is 13.7. The zero-order valence-electron chi connectivity index (χ0n) is 9.94. The minimum atomic E-state index is 0.713. The summed E-state index contributed by atoms with van der Waals surface area (Å²) in [5, 5.41) is 0. The number of hydrogen-bond donors (Lipinski definition) is 0. The van der Waals surface area contributed by atoms with Crippen LogP contribution < -0.4 is 0 Å². The summed E-state index contributed by atoms with van der Waals surface area (Å²) in [5.41, 5.74) is 6.16. The number of ether oxygens (including phenoxy) is 1. The molecule has 0 atom stereocenters. The van der Waals surface area contributed by atoms with E-state index < -0.39 is 0 Å². The summed E-state index contributed by atoms with van der Waals surface area (Å²) in [6.45, 7) is 3.50. The first kappa shape index (κ1) is 10.5. The summed E-state index contributed by atoms with van der Waals surface area (Å²) in [6, 6.07) is 12.6. The summed E-state index contributed by atoms with van der Waals surface area (Å²) in [5.74, 6) is 0. The second-order valence-corrected chi connectivity index (χ2v) is 4.50. The van der Waals surface area contributed by atoms with Crippen molar-refractivity contribution in [2.45, 2.75) is 26.6 Å². The predicted octanol–water partition coefficient (Wildman–Crippen LogP) is 3.01. The van der Waals surface area contributed by atoms with Crippen molar-refractivity contribution in [3.05, 3.63) is 64.5 Å². The third-order valence-corrected chi connectivity index (χ3v) is 3.15. The van der Waals surface area contributed by atoms with Gasteiger partial charge in [-0.2, -0.15) is 0 Å². The Balaban J connectivity index is 1.98. The lowest BCUT2D eigenvalue weighted by Crippen LogP contribution is -2.01. The topological polar surface area (TPSA) is 22.1 Å². The van der Waals surface area contributed by atoms with E-state index in [0.717, 1.165) is 18.7 Å². The van der Waals surface area contributed by atoms with Crippen molar-refractivity contribution in [2.24, 2.45) is 0 Å². The monoisotopic (exact) mass is 225 g/mol. The average molecular weight is 225 g/mol. The van der Waals surface area contributed by atoms with E-state index >= 15 is 0 Å². The Morgan fingerprint density at radius 1 is 1.18 bits per heavy atom. The Morgan fingerprint density at radius 3 is 2.82 bits per heavy atom. The lowest BCUT2D eigenvalue weighted by atomic mass is 10.0. The lowest BCUT2D eigenvalue weighted by molar-refractivity contribution is 0.134. The molecule has 1 aromatic carbocycles. The van der Waals surface area contributed by atoms with Crippen LogP contribution in [0.25, 0.3) is 0 Å².